The number of carbonyl (C=O) groups is 7. The van der Waals surface area contributed by atoms with Gasteiger partial charge < -0.3 is 40.7 Å². The fourth-order valence-corrected chi connectivity index (χ4v) is 8.78. The summed E-state index contributed by atoms with van der Waals surface area (Å²) in [5, 5.41) is 12.0. The molecule has 2 saturated heterocycles. The van der Waals surface area contributed by atoms with Crippen LogP contribution in [0.15, 0.2) is 24.3 Å². The summed E-state index contributed by atoms with van der Waals surface area (Å²) in [7, 11) is 3.17. The van der Waals surface area contributed by atoms with Gasteiger partial charge in [0.2, 0.25) is 41.4 Å². The number of nitrogens with zero attached hydrogens (tertiary/aromatic N) is 4. The summed E-state index contributed by atoms with van der Waals surface area (Å²) in [6, 6.07) is 0.931. The van der Waals surface area contributed by atoms with Gasteiger partial charge in [0.15, 0.2) is 0 Å². The predicted octanol–water partition coefficient (Wildman–Crippen LogP) is 2.90. The minimum Gasteiger partial charge on any atom is -0.379 e. The summed E-state index contributed by atoms with van der Waals surface area (Å²) in [5.41, 5.74) is -0.221. The number of hydrogen-bond acceptors (Lipinski definition) is 9. The maximum absolute atomic E-state index is 14.8. The minimum absolute atomic E-state index is 0.0563. The van der Waals surface area contributed by atoms with Gasteiger partial charge in [-0.2, -0.15) is 0 Å². The number of likely N-dealkylation sites (N-methyl/N-ethyl adjacent to an activating group) is 3. The fourth-order valence-electron chi connectivity index (χ4n) is 8.57. The normalized spacial score (nSPS) is 23.4. The summed E-state index contributed by atoms with van der Waals surface area (Å²) in [5.74, 6) is -0.796. The molecule has 4 rings (SSSR count). The van der Waals surface area contributed by atoms with Gasteiger partial charge in [0.05, 0.1) is 13.2 Å². The Labute approximate surface area is 391 Å². The quantitative estimate of drug-likeness (QED) is 0.135. The van der Waals surface area contributed by atoms with Crippen LogP contribution in [-0.2, 0) is 44.7 Å². The Morgan fingerprint density at radius 3 is 2.31 bits per heavy atom. The van der Waals surface area contributed by atoms with E-state index in [1.54, 1.807) is 46.0 Å². The molecule has 3 fully saturated rings. The van der Waals surface area contributed by atoms with Gasteiger partial charge in [-0.1, -0.05) is 50.4 Å². The van der Waals surface area contributed by atoms with E-state index in [2.05, 4.69) is 32.1 Å². The van der Waals surface area contributed by atoms with Crippen LogP contribution in [0.2, 0.25) is 5.02 Å². The highest BCUT2D eigenvalue weighted by Gasteiger charge is 2.49. The summed E-state index contributed by atoms with van der Waals surface area (Å²) >= 11 is 6.33. The first-order chi connectivity index (χ1) is 30.9. The lowest BCUT2D eigenvalue weighted by Gasteiger charge is -2.36. The van der Waals surface area contributed by atoms with E-state index in [1.165, 1.54) is 21.7 Å². The first-order valence-electron chi connectivity index (χ1n) is 23.5. The molecule has 4 N–H and O–H groups in total. The Balaban J connectivity index is 1.66. The average molecular weight is 926 g/mol. The second-order valence-electron chi connectivity index (χ2n) is 18.3. The summed E-state index contributed by atoms with van der Waals surface area (Å²) in [6.45, 7) is 13.1. The lowest BCUT2D eigenvalue weighted by atomic mass is 9.98. The van der Waals surface area contributed by atoms with E-state index in [-0.39, 0.29) is 56.4 Å². The van der Waals surface area contributed by atoms with Crippen LogP contribution in [0, 0.1) is 23.7 Å². The van der Waals surface area contributed by atoms with Crippen LogP contribution >= 0.6 is 11.6 Å². The van der Waals surface area contributed by atoms with Crippen LogP contribution in [0.1, 0.15) is 104 Å². The van der Waals surface area contributed by atoms with Crippen molar-refractivity contribution < 1.29 is 38.3 Å². The lowest BCUT2D eigenvalue weighted by Crippen LogP contribution is -2.61. The van der Waals surface area contributed by atoms with Crippen molar-refractivity contribution in [3.63, 3.8) is 0 Å². The van der Waals surface area contributed by atoms with Crippen molar-refractivity contribution in [1.82, 2.24) is 40.9 Å². The highest BCUT2D eigenvalue weighted by molar-refractivity contribution is 6.30. The molecule has 0 spiro atoms. The van der Waals surface area contributed by atoms with Gasteiger partial charge in [-0.15, -0.1) is 6.42 Å². The summed E-state index contributed by atoms with van der Waals surface area (Å²) in [6.07, 6.45) is 10.0. The number of ether oxygens (including phenoxy) is 1. The zero-order chi connectivity index (χ0) is 47.8. The van der Waals surface area contributed by atoms with Gasteiger partial charge in [-0.3, -0.25) is 38.5 Å². The molecule has 2 heterocycles. The Kier molecular flexibility index (Phi) is 20.6. The van der Waals surface area contributed by atoms with Crippen LogP contribution in [0.4, 0.5) is 0 Å². The van der Waals surface area contributed by atoms with Crippen molar-refractivity contribution in [2.45, 2.75) is 141 Å². The number of benzene rings is 1. The Hall–Kier alpha value is -4.72. The van der Waals surface area contributed by atoms with Gasteiger partial charge in [0.1, 0.15) is 41.7 Å². The molecule has 0 radical (unpaired) electrons. The number of morpholine rings is 1. The molecular weight excluding hydrogens is 852 g/mol. The van der Waals surface area contributed by atoms with Crippen molar-refractivity contribution in [1.29, 1.82) is 0 Å². The van der Waals surface area contributed by atoms with E-state index in [0.29, 0.717) is 62.4 Å². The highest BCUT2D eigenvalue weighted by Crippen LogP contribution is 2.45. The van der Waals surface area contributed by atoms with E-state index in [0.717, 1.165) is 26.1 Å². The van der Waals surface area contributed by atoms with Crippen LogP contribution < -0.4 is 21.3 Å². The van der Waals surface area contributed by atoms with Gasteiger partial charge in [0.25, 0.3) is 0 Å². The van der Waals surface area contributed by atoms with Crippen molar-refractivity contribution in [2.75, 3.05) is 60.0 Å². The molecule has 1 aromatic rings. The lowest BCUT2D eigenvalue weighted by molar-refractivity contribution is -0.146. The molecule has 7 amide bonds. The monoisotopic (exact) mass is 925 g/mol. The summed E-state index contributed by atoms with van der Waals surface area (Å²) < 4.78 is 5.49. The number of nitrogens with one attached hydrogen (secondary N) is 4. The number of halogens is 1. The fraction of sp³-hybridized carbons (Fsp3) is 0.688. The maximum atomic E-state index is 14.8. The van der Waals surface area contributed by atoms with E-state index in [4.69, 9.17) is 22.8 Å². The molecule has 1 saturated carbocycles. The van der Waals surface area contributed by atoms with Crippen molar-refractivity contribution in [2.24, 2.45) is 11.3 Å². The molecule has 1 aromatic carbocycles. The molecule has 1 aliphatic carbocycles. The topological polar surface area (TPSA) is 190 Å². The highest BCUT2D eigenvalue weighted by atomic mass is 35.5. The average Bonchev–Trinajstić information content (AvgIpc) is 4.09. The number of hydrogen-bond donors (Lipinski definition) is 4. The van der Waals surface area contributed by atoms with Gasteiger partial charge in [0, 0.05) is 51.7 Å². The van der Waals surface area contributed by atoms with Crippen molar-refractivity contribution in [3.05, 3.63) is 34.9 Å². The molecule has 6 atom stereocenters. The van der Waals surface area contributed by atoms with E-state index in [1.807, 2.05) is 19.9 Å². The SMILES string of the molecule is C#CC1(C(=O)N[C@@H](CC)C(=O)N[C@@H](CCCCN2CCOCC2)C(=O)N(C)[C@H]2CCCCN(C)C(=O)[C@@H](C)NC(=O)[C@H](Cc3cccc(Cl)c3)N(CC)C(=O)[C@H](CC(C)C)NC2=O)CC1. The Bertz CT molecular complexity index is 1860. The zero-order valence-corrected chi connectivity index (χ0v) is 40.3. The smallest absolute Gasteiger partial charge is 0.245 e. The molecule has 17 heteroatoms. The van der Waals surface area contributed by atoms with Gasteiger partial charge in [-0.05, 0) is 108 Å². The molecule has 2 aliphatic heterocycles. The number of carbonyl (C=O) groups excluding carboxylic acids is 7. The molecule has 65 heavy (non-hydrogen) atoms. The van der Waals surface area contributed by atoms with Crippen LogP contribution in [0.5, 0.6) is 0 Å². The first kappa shape index (κ1) is 52.9. The molecule has 0 unspecified atom stereocenters. The standard InChI is InChI=1S/C48H73ClN8O8/c1-9-36(53-47(64)48(10-2)21-22-48)41(58)51-37(19-12-15-24-56-25-27-65-28-26-56)45(62)55(8)39-20-13-14-23-54(7)44(61)33(6)50-43(60)40(31-34-17-16-18-35(49)30-34)57(11-3)46(63)38(29-32(4)5)52-42(39)59/h2,16-18,30,32-33,36-40H,9,11-15,19-29,31H2,1,3-8H3,(H,50,60)(H,51,58)(H,52,59)(H,53,64)/t33-,36+,37+,38+,39+,40+/m1/s1. The molecule has 0 aromatic heterocycles. The third-order valence-corrected chi connectivity index (χ3v) is 13.0. The third kappa shape index (κ3) is 15.2. The number of rotatable bonds is 17. The van der Waals surface area contributed by atoms with E-state index < -0.39 is 71.2 Å². The predicted molar refractivity (Wildman–Crippen MR) is 249 cm³/mol. The summed E-state index contributed by atoms with van der Waals surface area (Å²) in [4.78, 5) is 106. The molecule has 0 bridgehead atoms. The van der Waals surface area contributed by atoms with Crippen molar-refractivity contribution in [3.8, 4) is 12.3 Å². The van der Waals surface area contributed by atoms with Crippen LogP contribution in [0.3, 0.4) is 0 Å². The molecule has 3 aliphatic rings. The van der Waals surface area contributed by atoms with Crippen LogP contribution in [-0.4, -0.2) is 157 Å². The number of amides is 7. The largest absolute Gasteiger partial charge is 0.379 e. The molecule has 360 valence electrons. The molecular formula is C48H73ClN8O8. The minimum atomic E-state index is -1.07. The maximum Gasteiger partial charge on any atom is 0.245 e. The number of unbranched alkanes of at least 4 members (excludes halogenated alkanes) is 1. The van der Waals surface area contributed by atoms with E-state index >= 15 is 0 Å². The first-order valence-corrected chi connectivity index (χ1v) is 23.9. The zero-order valence-electron chi connectivity index (χ0n) is 39.6. The Morgan fingerprint density at radius 1 is 0.985 bits per heavy atom. The molecule has 16 nitrogen and oxygen atoms in total. The second-order valence-corrected chi connectivity index (χ2v) is 18.7. The van der Waals surface area contributed by atoms with Crippen molar-refractivity contribution >= 4 is 53.0 Å². The number of terminal acetylenes is 1. The third-order valence-electron chi connectivity index (χ3n) is 12.8. The van der Waals surface area contributed by atoms with Gasteiger partial charge in [-0.25, -0.2) is 0 Å². The van der Waals surface area contributed by atoms with Crippen LogP contribution in [0.25, 0.3) is 0 Å². The second kappa shape index (κ2) is 25.3. The van der Waals surface area contributed by atoms with E-state index in [9.17, 15) is 33.6 Å². The van der Waals surface area contributed by atoms with Gasteiger partial charge >= 0.3 is 0 Å². The Morgan fingerprint density at radius 2 is 1.69 bits per heavy atom.